The predicted molar refractivity (Wildman–Crippen MR) is 98.6 cm³/mol. The van der Waals surface area contributed by atoms with Crippen molar-refractivity contribution in [3.8, 4) is 0 Å². The lowest BCUT2D eigenvalue weighted by Gasteiger charge is -2.38. The topological polar surface area (TPSA) is 47.4 Å². The number of carbonyl (C=O) groups excluding carboxylic acids is 1. The maximum absolute atomic E-state index is 15.3. The van der Waals surface area contributed by atoms with Crippen LogP contribution in [0.15, 0.2) is 11.1 Å². The van der Waals surface area contributed by atoms with Crippen molar-refractivity contribution in [2.75, 3.05) is 13.1 Å². The van der Waals surface area contributed by atoms with Gasteiger partial charge in [-0.3, -0.25) is 4.68 Å². The van der Waals surface area contributed by atoms with Crippen molar-refractivity contribution in [1.82, 2.24) is 14.7 Å². The molecule has 0 aromatic carbocycles. The van der Waals surface area contributed by atoms with Crippen molar-refractivity contribution in [3.05, 3.63) is 11.8 Å². The quantitative estimate of drug-likeness (QED) is 0.689. The molecule has 1 aliphatic rings. The molecular weight excluding hydrogens is 360 g/mol. The Bertz CT molecular complexity index is 633. The molecule has 0 radical (unpaired) electrons. The molecule has 0 aliphatic carbocycles. The predicted octanol–water partition coefficient (Wildman–Crippen LogP) is 4.88. The number of amides is 1. The molecule has 2 atom stereocenters. The number of carbonyl (C=O) groups is 1. The number of hydrogen-bond acceptors (Lipinski definition) is 4. The number of hydrogen-bond donors (Lipinski definition) is 0. The van der Waals surface area contributed by atoms with Gasteiger partial charge in [-0.05, 0) is 53.5 Å². The Labute approximate surface area is 158 Å². The Morgan fingerprint density at radius 1 is 1.35 bits per heavy atom. The fourth-order valence-corrected chi connectivity index (χ4v) is 4.12. The van der Waals surface area contributed by atoms with Gasteiger partial charge in [0.15, 0.2) is 5.00 Å². The SMILES string of the molecule is CC(F)c1cc(SC(C)(F)C2CCN(C(=O)OC(C)(C)C)CC2)n(C)n1. The van der Waals surface area contributed by atoms with Crippen LogP contribution in [0, 0.1) is 5.92 Å². The summed E-state index contributed by atoms with van der Waals surface area (Å²) in [6.45, 7) is 9.39. The molecule has 1 aromatic rings. The molecule has 26 heavy (non-hydrogen) atoms. The lowest BCUT2D eigenvalue weighted by molar-refractivity contribution is 0.0135. The second-order valence-corrected chi connectivity index (χ2v) is 9.40. The zero-order valence-corrected chi connectivity index (χ0v) is 17.2. The highest BCUT2D eigenvalue weighted by Crippen LogP contribution is 2.44. The second kappa shape index (κ2) is 7.74. The van der Waals surface area contributed by atoms with Crippen LogP contribution < -0.4 is 0 Å². The van der Waals surface area contributed by atoms with Crippen LogP contribution in [-0.2, 0) is 11.8 Å². The maximum Gasteiger partial charge on any atom is 0.410 e. The van der Waals surface area contributed by atoms with E-state index in [2.05, 4.69) is 5.10 Å². The van der Waals surface area contributed by atoms with Crippen LogP contribution in [0.5, 0.6) is 0 Å². The lowest BCUT2D eigenvalue weighted by atomic mass is 9.92. The van der Waals surface area contributed by atoms with Gasteiger partial charge in [-0.2, -0.15) is 5.10 Å². The number of likely N-dealkylation sites (tertiary alicyclic amines) is 1. The molecule has 8 heteroatoms. The average molecular weight is 390 g/mol. The molecule has 2 unspecified atom stereocenters. The van der Waals surface area contributed by atoms with Crippen LogP contribution in [0.25, 0.3) is 0 Å². The van der Waals surface area contributed by atoms with Gasteiger partial charge in [0.05, 0.1) is 10.7 Å². The minimum Gasteiger partial charge on any atom is -0.444 e. The van der Waals surface area contributed by atoms with Gasteiger partial charge in [0.25, 0.3) is 0 Å². The van der Waals surface area contributed by atoms with Crippen molar-refractivity contribution >= 4 is 17.9 Å². The van der Waals surface area contributed by atoms with Gasteiger partial charge >= 0.3 is 6.09 Å². The summed E-state index contributed by atoms with van der Waals surface area (Å²) in [5, 5.41) is 3.17. The molecule has 1 saturated heterocycles. The van der Waals surface area contributed by atoms with Gasteiger partial charge in [-0.25, -0.2) is 13.6 Å². The average Bonchev–Trinajstić information content (AvgIpc) is 2.86. The van der Waals surface area contributed by atoms with Gasteiger partial charge in [0.2, 0.25) is 0 Å². The summed E-state index contributed by atoms with van der Waals surface area (Å²) in [6.07, 6.45) is -0.414. The van der Waals surface area contributed by atoms with E-state index in [4.69, 9.17) is 4.74 Å². The molecule has 148 valence electrons. The van der Waals surface area contributed by atoms with E-state index in [1.54, 1.807) is 24.9 Å². The fourth-order valence-electron chi connectivity index (χ4n) is 2.95. The second-order valence-electron chi connectivity index (χ2n) is 7.98. The molecule has 1 aromatic heterocycles. The van der Waals surface area contributed by atoms with Crippen LogP contribution in [-0.4, -0.2) is 44.5 Å². The van der Waals surface area contributed by atoms with Gasteiger partial charge in [0.1, 0.15) is 11.8 Å². The van der Waals surface area contributed by atoms with Gasteiger partial charge in [-0.15, -0.1) is 0 Å². The Kier molecular flexibility index (Phi) is 6.25. The molecule has 1 amide bonds. The van der Waals surface area contributed by atoms with Gasteiger partial charge in [0, 0.05) is 26.1 Å². The summed E-state index contributed by atoms with van der Waals surface area (Å²) < 4.78 is 35.7. The van der Waals surface area contributed by atoms with E-state index < -0.39 is 16.8 Å². The highest BCUT2D eigenvalue weighted by Gasteiger charge is 2.40. The van der Waals surface area contributed by atoms with Crippen molar-refractivity contribution in [2.24, 2.45) is 13.0 Å². The van der Waals surface area contributed by atoms with E-state index in [-0.39, 0.29) is 12.0 Å². The highest BCUT2D eigenvalue weighted by atomic mass is 32.2. The van der Waals surface area contributed by atoms with E-state index in [1.165, 1.54) is 11.6 Å². The highest BCUT2D eigenvalue weighted by molar-refractivity contribution is 8.00. The van der Waals surface area contributed by atoms with Crippen molar-refractivity contribution in [1.29, 1.82) is 0 Å². The zero-order chi connectivity index (χ0) is 19.7. The number of alkyl halides is 2. The number of aryl methyl sites for hydroxylation is 1. The number of rotatable bonds is 4. The van der Waals surface area contributed by atoms with Crippen molar-refractivity contribution in [3.63, 3.8) is 0 Å². The number of ether oxygens (including phenoxy) is 1. The van der Waals surface area contributed by atoms with Crippen LogP contribution in [0.4, 0.5) is 13.6 Å². The van der Waals surface area contributed by atoms with Crippen molar-refractivity contribution in [2.45, 2.75) is 69.3 Å². The minimum atomic E-state index is -1.52. The van der Waals surface area contributed by atoms with Crippen LogP contribution in [0.1, 0.15) is 59.3 Å². The monoisotopic (exact) mass is 389 g/mol. The summed E-state index contributed by atoms with van der Waals surface area (Å²) in [4.78, 5) is 13.8. The Morgan fingerprint density at radius 3 is 2.38 bits per heavy atom. The molecule has 0 spiro atoms. The number of piperidine rings is 1. The Morgan fingerprint density at radius 2 is 1.92 bits per heavy atom. The number of halogens is 2. The maximum atomic E-state index is 15.3. The molecule has 1 fully saturated rings. The fraction of sp³-hybridized carbons (Fsp3) is 0.778. The molecule has 5 nitrogen and oxygen atoms in total. The van der Waals surface area contributed by atoms with Crippen LogP contribution in [0.2, 0.25) is 0 Å². The Balaban J connectivity index is 1.96. The molecule has 2 heterocycles. The molecule has 0 N–H and O–H groups in total. The summed E-state index contributed by atoms with van der Waals surface area (Å²) in [5.41, 5.74) is -0.228. The van der Waals surface area contributed by atoms with E-state index in [0.29, 0.717) is 36.7 Å². The van der Waals surface area contributed by atoms with Gasteiger partial charge < -0.3 is 9.64 Å². The van der Waals surface area contributed by atoms with E-state index in [1.807, 2.05) is 20.8 Å². The third-order valence-corrected chi connectivity index (χ3v) is 5.77. The number of aromatic nitrogens is 2. The first-order chi connectivity index (χ1) is 11.9. The first-order valence-electron chi connectivity index (χ1n) is 8.93. The number of thioether (sulfide) groups is 1. The third kappa shape index (κ3) is 5.34. The molecule has 1 aliphatic heterocycles. The summed E-state index contributed by atoms with van der Waals surface area (Å²) in [5.74, 6) is -0.202. The summed E-state index contributed by atoms with van der Waals surface area (Å²) in [6, 6.07) is 1.60. The third-order valence-electron chi connectivity index (χ3n) is 4.44. The first kappa shape index (κ1) is 21.0. The van der Waals surface area contributed by atoms with Crippen molar-refractivity contribution < 1.29 is 18.3 Å². The molecule has 0 saturated carbocycles. The summed E-state index contributed by atoms with van der Waals surface area (Å²) in [7, 11) is 1.69. The largest absolute Gasteiger partial charge is 0.444 e. The zero-order valence-electron chi connectivity index (χ0n) is 16.4. The minimum absolute atomic E-state index is 0.202. The standard InChI is InChI=1S/C18H29F2N3O2S/c1-12(19)14-11-15(22(6)21-14)26-18(5,20)13-7-9-23(10-8-13)16(24)25-17(2,3)4/h11-13H,7-10H2,1-6H3. The number of nitrogens with zero attached hydrogens (tertiary/aromatic N) is 3. The molecular formula is C18H29F2N3O2S. The normalized spacial score (nSPS) is 19.9. The molecule has 2 rings (SSSR count). The lowest BCUT2D eigenvalue weighted by Crippen LogP contribution is -2.44. The summed E-state index contributed by atoms with van der Waals surface area (Å²) >= 11 is 1.07. The van der Waals surface area contributed by atoms with E-state index in [0.717, 1.165) is 11.8 Å². The Hall–Kier alpha value is -1.31. The van der Waals surface area contributed by atoms with E-state index >= 15 is 4.39 Å². The van der Waals surface area contributed by atoms with Gasteiger partial charge in [-0.1, -0.05) is 11.8 Å². The smallest absolute Gasteiger partial charge is 0.410 e. The van der Waals surface area contributed by atoms with Crippen LogP contribution >= 0.6 is 11.8 Å². The molecule has 0 bridgehead atoms. The van der Waals surface area contributed by atoms with Crippen LogP contribution in [0.3, 0.4) is 0 Å². The first-order valence-corrected chi connectivity index (χ1v) is 9.74. The van der Waals surface area contributed by atoms with E-state index in [9.17, 15) is 9.18 Å².